The lowest BCUT2D eigenvalue weighted by Crippen LogP contribution is -2.31. The standard InChI is InChI=1S/C8H5ClN2O2.H3N/c9-6-1-3-7(4-2-6)11-5-8(12)13-10-11;/h1-5H;1H3. The molecule has 5 nitrogen and oxygen atoms in total. The summed E-state index contributed by atoms with van der Waals surface area (Å²) in [4.78, 5) is 0. The molecule has 2 aromatic rings. The van der Waals surface area contributed by atoms with Gasteiger partial charge in [0.1, 0.15) is 5.95 Å². The highest BCUT2D eigenvalue weighted by atomic mass is 35.5. The lowest BCUT2D eigenvalue weighted by atomic mass is 10.3. The molecule has 0 spiro atoms. The summed E-state index contributed by atoms with van der Waals surface area (Å²) in [6.45, 7) is 0. The van der Waals surface area contributed by atoms with Crippen LogP contribution in [-0.4, -0.2) is 5.27 Å². The predicted octanol–water partition coefficient (Wildman–Crippen LogP) is 0.840. The zero-order valence-corrected chi connectivity index (χ0v) is 7.94. The summed E-state index contributed by atoms with van der Waals surface area (Å²) in [6.07, 6.45) is 1.25. The highest BCUT2D eigenvalue weighted by Gasteiger charge is 2.07. The SMILES string of the molecule is N.[O-]c1c[n+](-c2ccc(Cl)cc2)no1. The van der Waals surface area contributed by atoms with Crippen molar-refractivity contribution in [2.75, 3.05) is 0 Å². The average Bonchev–Trinajstić information content (AvgIpc) is 2.53. The molecule has 14 heavy (non-hydrogen) atoms. The van der Waals surface area contributed by atoms with Crippen LogP contribution in [0, 0.1) is 0 Å². The van der Waals surface area contributed by atoms with E-state index in [4.69, 9.17) is 11.6 Å². The fourth-order valence-corrected chi connectivity index (χ4v) is 1.07. The van der Waals surface area contributed by atoms with E-state index in [1.807, 2.05) is 0 Å². The van der Waals surface area contributed by atoms with Crippen LogP contribution >= 0.6 is 11.6 Å². The molecular formula is C8H8ClN3O2. The van der Waals surface area contributed by atoms with Gasteiger partial charge in [-0.05, 0) is 16.8 Å². The summed E-state index contributed by atoms with van der Waals surface area (Å²) in [5, 5.41) is 14.8. The van der Waals surface area contributed by atoms with Crippen LogP contribution in [0.25, 0.3) is 5.69 Å². The van der Waals surface area contributed by atoms with Crippen molar-refractivity contribution in [1.82, 2.24) is 11.4 Å². The molecule has 0 saturated heterocycles. The van der Waals surface area contributed by atoms with Crippen molar-refractivity contribution in [2.45, 2.75) is 0 Å². The quantitative estimate of drug-likeness (QED) is 0.711. The molecule has 2 rings (SSSR count). The summed E-state index contributed by atoms with van der Waals surface area (Å²) in [5.74, 6) is -0.477. The summed E-state index contributed by atoms with van der Waals surface area (Å²) >= 11 is 5.69. The molecule has 0 unspecified atom stereocenters. The predicted molar refractivity (Wildman–Crippen MR) is 47.5 cm³/mol. The van der Waals surface area contributed by atoms with Crippen molar-refractivity contribution in [1.29, 1.82) is 0 Å². The number of aromatic nitrogens is 2. The average molecular weight is 214 g/mol. The van der Waals surface area contributed by atoms with Crippen LogP contribution in [0.15, 0.2) is 35.0 Å². The second kappa shape index (κ2) is 4.08. The Morgan fingerprint density at radius 2 is 1.93 bits per heavy atom. The molecule has 0 radical (unpaired) electrons. The first-order valence-electron chi connectivity index (χ1n) is 3.57. The minimum absolute atomic E-state index is 0. The molecule has 0 aliphatic rings. The van der Waals surface area contributed by atoms with Crippen molar-refractivity contribution in [3.05, 3.63) is 35.5 Å². The smallest absolute Gasteiger partial charge is 0.239 e. The Bertz CT molecular complexity index is 413. The van der Waals surface area contributed by atoms with Gasteiger partial charge in [-0.15, -0.1) is 0 Å². The Labute approximate surface area is 85.1 Å². The Balaban J connectivity index is 0.000000980. The number of hydrogen-bond acceptors (Lipinski definition) is 4. The van der Waals surface area contributed by atoms with Gasteiger partial charge in [0, 0.05) is 17.2 Å². The van der Waals surface area contributed by atoms with Crippen molar-refractivity contribution >= 4 is 11.6 Å². The van der Waals surface area contributed by atoms with Gasteiger partial charge >= 0.3 is 0 Å². The van der Waals surface area contributed by atoms with E-state index in [2.05, 4.69) is 9.79 Å². The summed E-state index contributed by atoms with van der Waals surface area (Å²) in [5.41, 5.74) is 0.732. The maximum atomic E-state index is 10.7. The summed E-state index contributed by atoms with van der Waals surface area (Å²) in [6, 6.07) is 6.90. The summed E-state index contributed by atoms with van der Waals surface area (Å²) in [7, 11) is 0. The Morgan fingerprint density at radius 1 is 1.29 bits per heavy atom. The fourth-order valence-electron chi connectivity index (χ4n) is 0.947. The first-order valence-corrected chi connectivity index (χ1v) is 3.95. The molecule has 1 heterocycles. The molecule has 0 bridgehead atoms. The maximum absolute atomic E-state index is 10.7. The lowest BCUT2D eigenvalue weighted by molar-refractivity contribution is -0.670. The lowest BCUT2D eigenvalue weighted by Gasteiger charge is -1.88. The Hall–Kier alpha value is -1.59. The molecule has 6 heteroatoms. The van der Waals surface area contributed by atoms with Crippen LogP contribution in [0.1, 0.15) is 0 Å². The number of nitrogens with zero attached hydrogens (tertiary/aromatic N) is 2. The zero-order chi connectivity index (χ0) is 9.26. The van der Waals surface area contributed by atoms with E-state index in [1.54, 1.807) is 24.3 Å². The second-order valence-corrected chi connectivity index (χ2v) is 2.88. The van der Waals surface area contributed by atoms with E-state index in [0.717, 1.165) is 5.69 Å². The number of rotatable bonds is 1. The third kappa shape index (κ3) is 2.01. The van der Waals surface area contributed by atoms with Crippen molar-refractivity contribution in [3.63, 3.8) is 0 Å². The minimum Gasteiger partial charge on any atom is -0.539 e. The number of halogens is 1. The van der Waals surface area contributed by atoms with Crippen LogP contribution < -0.4 is 15.9 Å². The van der Waals surface area contributed by atoms with E-state index in [-0.39, 0.29) is 6.15 Å². The molecule has 3 N–H and O–H groups in total. The minimum atomic E-state index is -0.477. The van der Waals surface area contributed by atoms with E-state index in [1.165, 1.54) is 10.9 Å². The molecule has 0 saturated carbocycles. The van der Waals surface area contributed by atoms with Gasteiger partial charge in [-0.3, -0.25) is 0 Å². The summed E-state index contributed by atoms with van der Waals surface area (Å²) < 4.78 is 5.72. The monoisotopic (exact) mass is 213 g/mol. The van der Waals surface area contributed by atoms with Crippen LogP contribution in [0.3, 0.4) is 0 Å². The largest absolute Gasteiger partial charge is 0.539 e. The third-order valence-corrected chi connectivity index (χ3v) is 1.79. The van der Waals surface area contributed by atoms with Gasteiger partial charge in [0.15, 0.2) is 0 Å². The van der Waals surface area contributed by atoms with Gasteiger partial charge in [0.05, 0.1) is 5.27 Å². The van der Waals surface area contributed by atoms with Crippen molar-refractivity contribution < 1.29 is 14.3 Å². The van der Waals surface area contributed by atoms with E-state index in [9.17, 15) is 5.11 Å². The highest BCUT2D eigenvalue weighted by molar-refractivity contribution is 6.30. The molecule has 0 aliphatic carbocycles. The zero-order valence-electron chi connectivity index (χ0n) is 7.18. The van der Waals surface area contributed by atoms with Crippen LogP contribution in [-0.2, 0) is 0 Å². The number of benzene rings is 1. The molecule has 0 aliphatic heterocycles. The maximum Gasteiger partial charge on any atom is 0.239 e. The first-order chi connectivity index (χ1) is 6.25. The van der Waals surface area contributed by atoms with Crippen LogP contribution in [0.5, 0.6) is 5.95 Å². The van der Waals surface area contributed by atoms with Gasteiger partial charge in [0.2, 0.25) is 11.9 Å². The van der Waals surface area contributed by atoms with Gasteiger partial charge in [-0.2, -0.15) is 0 Å². The molecule has 1 aromatic carbocycles. The Kier molecular flexibility index (Phi) is 3.06. The van der Waals surface area contributed by atoms with Crippen LogP contribution in [0.2, 0.25) is 5.02 Å². The Morgan fingerprint density at radius 3 is 2.43 bits per heavy atom. The topological polar surface area (TPSA) is 88.0 Å². The molecule has 0 amide bonds. The molecular weight excluding hydrogens is 206 g/mol. The highest BCUT2D eigenvalue weighted by Crippen LogP contribution is 2.09. The van der Waals surface area contributed by atoms with E-state index in [0.29, 0.717) is 5.02 Å². The second-order valence-electron chi connectivity index (χ2n) is 2.44. The third-order valence-electron chi connectivity index (χ3n) is 1.54. The van der Waals surface area contributed by atoms with Gasteiger partial charge < -0.3 is 15.8 Å². The molecule has 1 aromatic heterocycles. The number of hydrogen-bond donors (Lipinski definition) is 1. The fraction of sp³-hybridized carbons (Fsp3) is 0. The van der Waals surface area contributed by atoms with Crippen molar-refractivity contribution in [2.24, 2.45) is 0 Å². The normalized spacial score (nSPS) is 9.50. The molecule has 74 valence electrons. The van der Waals surface area contributed by atoms with E-state index >= 15 is 0 Å². The molecule has 0 atom stereocenters. The van der Waals surface area contributed by atoms with Crippen LogP contribution in [0.4, 0.5) is 0 Å². The van der Waals surface area contributed by atoms with Gasteiger partial charge in [-0.1, -0.05) is 11.6 Å². The van der Waals surface area contributed by atoms with Gasteiger partial charge in [0.25, 0.3) is 0 Å². The first kappa shape index (κ1) is 10.5. The van der Waals surface area contributed by atoms with E-state index < -0.39 is 5.95 Å². The molecule has 0 fully saturated rings. The van der Waals surface area contributed by atoms with Gasteiger partial charge in [-0.25, -0.2) is 0 Å². The van der Waals surface area contributed by atoms with Crippen molar-refractivity contribution in [3.8, 4) is 11.6 Å².